The third-order valence-corrected chi connectivity index (χ3v) is 6.93. The van der Waals surface area contributed by atoms with Gasteiger partial charge in [-0.05, 0) is 31.4 Å². The fourth-order valence-electron chi connectivity index (χ4n) is 4.24. The van der Waals surface area contributed by atoms with Crippen LogP contribution in [-0.4, -0.2) is 72.3 Å². The molecule has 0 bridgehead atoms. The monoisotopic (exact) mass is 381 g/mol. The van der Waals surface area contributed by atoms with Crippen molar-refractivity contribution < 1.29 is 13.2 Å². The summed E-state index contributed by atoms with van der Waals surface area (Å²) >= 11 is 0. The smallest absolute Gasteiger partial charge is 0.261 e. The molecule has 7 nitrogen and oxygen atoms in total. The molecule has 0 spiro atoms. The van der Waals surface area contributed by atoms with E-state index in [1.807, 2.05) is 0 Å². The van der Waals surface area contributed by atoms with Gasteiger partial charge in [0.2, 0.25) is 0 Å². The van der Waals surface area contributed by atoms with E-state index in [0.717, 1.165) is 6.54 Å². The summed E-state index contributed by atoms with van der Waals surface area (Å²) in [6.45, 7) is 9.60. The van der Waals surface area contributed by atoms with Crippen LogP contribution in [0.2, 0.25) is 0 Å². The molecule has 0 aromatic carbocycles. The first kappa shape index (κ1) is 19.1. The average molecular weight is 381 g/mol. The van der Waals surface area contributed by atoms with Gasteiger partial charge in [-0.1, -0.05) is 13.8 Å². The molecule has 0 saturated carbocycles. The van der Waals surface area contributed by atoms with Crippen LogP contribution in [0.25, 0.3) is 0 Å². The second-order valence-corrected chi connectivity index (χ2v) is 10.1. The Kier molecular flexibility index (Phi) is 5.00. The number of rotatable bonds is 3. The van der Waals surface area contributed by atoms with E-state index in [-0.39, 0.29) is 35.1 Å². The topological polar surface area (TPSA) is 90.6 Å². The van der Waals surface area contributed by atoms with Crippen LogP contribution in [0.15, 0.2) is 10.9 Å². The minimum atomic E-state index is -3.19. The number of aromatic amines is 1. The normalized spacial score (nSPS) is 25.5. The number of piperazine rings is 1. The second kappa shape index (κ2) is 6.81. The van der Waals surface area contributed by atoms with E-state index in [0.29, 0.717) is 30.3 Å². The van der Waals surface area contributed by atoms with Gasteiger partial charge < -0.3 is 9.88 Å². The van der Waals surface area contributed by atoms with Gasteiger partial charge in [0.25, 0.3) is 11.5 Å². The van der Waals surface area contributed by atoms with E-state index in [9.17, 15) is 18.0 Å². The largest absolute Gasteiger partial charge is 0.332 e. The van der Waals surface area contributed by atoms with Crippen LogP contribution >= 0.6 is 0 Å². The zero-order valence-corrected chi connectivity index (χ0v) is 16.6. The summed E-state index contributed by atoms with van der Waals surface area (Å²) in [6, 6.07) is 1.19. The van der Waals surface area contributed by atoms with Crippen LogP contribution in [0.1, 0.15) is 35.5 Å². The van der Waals surface area contributed by atoms with Gasteiger partial charge in [-0.15, -0.1) is 0 Å². The molecule has 0 aliphatic carbocycles. The van der Waals surface area contributed by atoms with Crippen molar-refractivity contribution in [3.8, 4) is 0 Å². The molecule has 144 valence electrons. The van der Waals surface area contributed by atoms with E-state index in [1.165, 1.54) is 0 Å². The molecule has 3 rings (SSSR count). The van der Waals surface area contributed by atoms with Gasteiger partial charge >= 0.3 is 0 Å². The van der Waals surface area contributed by atoms with Crippen LogP contribution in [0.5, 0.6) is 0 Å². The molecule has 2 saturated heterocycles. The number of aromatic nitrogens is 1. The molecular formula is C18H27N3O4S. The Morgan fingerprint density at radius 1 is 1.23 bits per heavy atom. The van der Waals surface area contributed by atoms with Crippen molar-refractivity contribution in [3.05, 3.63) is 33.2 Å². The SMILES string of the molecule is Cc1cc(C)c(C(=O)N2CCN(CC(C)C)[C@@H]3CS(=O)(=O)C[C@@H]32)c(=O)[nH]1. The number of carbonyl (C=O) groups excluding carboxylic acids is 1. The number of nitrogens with one attached hydrogen (secondary N) is 1. The molecule has 1 aromatic rings. The van der Waals surface area contributed by atoms with Crippen LogP contribution in [-0.2, 0) is 9.84 Å². The van der Waals surface area contributed by atoms with Crippen molar-refractivity contribution in [3.63, 3.8) is 0 Å². The number of pyridine rings is 1. The van der Waals surface area contributed by atoms with E-state index in [2.05, 4.69) is 23.7 Å². The molecule has 2 aliphatic heterocycles. The van der Waals surface area contributed by atoms with Crippen LogP contribution in [0.4, 0.5) is 0 Å². The number of fused-ring (bicyclic) bond motifs is 1. The Hall–Kier alpha value is -1.67. The highest BCUT2D eigenvalue weighted by molar-refractivity contribution is 7.91. The zero-order chi connectivity index (χ0) is 19.2. The Morgan fingerprint density at radius 2 is 1.88 bits per heavy atom. The van der Waals surface area contributed by atoms with Gasteiger partial charge in [-0.25, -0.2) is 8.42 Å². The van der Waals surface area contributed by atoms with E-state index in [4.69, 9.17) is 0 Å². The van der Waals surface area contributed by atoms with Gasteiger partial charge in [0.05, 0.1) is 17.5 Å². The van der Waals surface area contributed by atoms with Gasteiger partial charge in [0, 0.05) is 31.4 Å². The molecule has 0 unspecified atom stereocenters. The lowest BCUT2D eigenvalue weighted by atomic mass is 10.0. The standard InChI is InChI=1S/C18H27N3O4S/c1-11(2)8-20-5-6-21(15-10-26(24,25)9-14(15)20)18(23)16-12(3)7-13(4)19-17(16)22/h7,11,14-15H,5-6,8-10H2,1-4H3,(H,19,22)/t14-,15+/m1/s1. The Balaban J connectivity index is 1.94. The quantitative estimate of drug-likeness (QED) is 0.827. The minimum Gasteiger partial charge on any atom is -0.332 e. The van der Waals surface area contributed by atoms with Gasteiger partial charge in [-0.3, -0.25) is 14.5 Å². The summed E-state index contributed by atoms with van der Waals surface area (Å²) < 4.78 is 24.6. The molecule has 2 atom stereocenters. The van der Waals surface area contributed by atoms with Crippen molar-refractivity contribution in [2.24, 2.45) is 5.92 Å². The van der Waals surface area contributed by atoms with E-state index in [1.54, 1.807) is 24.8 Å². The number of H-pyrrole nitrogens is 1. The van der Waals surface area contributed by atoms with Gasteiger partial charge in [0.1, 0.15) is 5.56 Å². The minimum absolute atomic E-state index is 0.0270. The maximum absolute atomic E-state index is 13.1. The van der Waals surface area contributed by atoms with E-state index >= 15 is 0 Å². The number of carbonyl (C=O) groups is 1. The molecule has 1 amide bonds. The van der Waals surface area contributed by atoms with Crippen LogP contribution in [0.3, 0.4) is 0 Å². The lowest BCUT2D eigenvalue weighted by Crippen LogP contribution is -2.61. The molecule has 0 radical (unpaired) electrons. The molecule has 2 fully saturated rings. The molecule has 8 heteroatoms. The molecule has 3 heterocycles. The third-order valence-electron chi connectivity index (χ3n) is 5.23. The van der Waals surface area contributed by atoms with Crippen molar-refractivity contribution in [2.45, 2.75) is 39.8 Å². The maximum atomic E-state index is 13.1. The molecule has 1 aromatic heterocycles. The lowest BCUT2D eigenvalue weighted by molar-refractivity contribution is 0.0295. The summed E-state index contributed by atoms with van der Waals surface area (Å²) in [4.78, 5) is 31.9. The van der Waals surface area contributed by atoms with Crippen molar-refractivity contribution in [1.29, 1.82) is 0 Å². The number of amides is 1. The first-order chi connectivity index (χ1) is 12.1. The predicted molar refractivity (Wildman–Crippen MR) is 100 cm³/mol. The molecular weight excluding hydrogens is 354 g/mol. The number of sulfone groups is 1. The maximum Gasteiger partial charge on any atom is 0.261 e. The Labute approximate surface area is 154 Å². The lowest BCUT2D eigenvalue weighted by Gasteiger charge is -2.44. The Morgan fingerprint density at radius 3 is 2.50 bits per heavy atom. The number of hydrogen-bond acceptors (Lipinski definition) is 5. The number of aryl methyl sites for hydroxylation is 2. The first-order valence-electron chi connectivity index (χ1n) is 9.05. The highest BCUT2D eigenvalue weighted by Crippen LogP contribution is 2.28. The molecule has 1 N–H and O–H groups in total. The summed E-state index contributed by atoms with van der Waals surface area (Å²) in [6.07, 6.45) is 0. The summed E-state index contributed by atoms with van der Waals surface area (Å²) in [5.41, 5.74) is 1.04. The zero-order valence-electron chi connectivity index (χ0n) is 15.8. The van der Waals surface area contributed by atoms with Crippen molar-refractivity contribution >= 4 is 15.7 Å². The van der Waals surface area contributed by atoms with Gasteiger partial charge in [-0.2, -0.15) is 0 Å². The van der Waals surface area contributed by atoms with Crippen molar-refractivity contribution in [1.82, 2.24) is 14.8 Å². The van der Waals surface area contributed by atoms with Gasteiger partial charge in [0.15, 0.2) is 9.84 Å². The third kappa shape index (κ3) is 3.57. The number of nitrogens with zero attached hydrogens (tertiary/aromatic N) is 2. The van der Waals surface area contributed by atoms with Crippen LogP contribution in [0, 0.1) is 19.8 Å². The summed E-state index contributed by atoms with van der Waals surface area (Å²) in [7, 11) is -3.19. The predicted octanol–water partition coefficient (Wildman–Crippen LogP) is 0.571. The second-order valence-electron chi connectivity index (χ2n) is 7.94. The first-order valence-corrected chi connectivity index (χ1v) is 10.9. The average Bonchev–Trinajstić information content (AvgIpc) is 2.81. The highest BCUT2D eigenvalue weighted by atomic mass is 32.2. The Bertz CT molecular complexity index is 875. The van der Waals surface area contributed by atoms with E-state index < -0.39 is 15.4 Å². The van der Waals surface area contributed by atoms with Crippen molar-refractivity contribution in [2.75, 3.05) is 31.1 Å². The fraction of sp³-hybridized carbons (Fsp3) is 0.667. The molecule has 2 aliphatic rings. The summed E-state index contributed by atoms with van der Waals surface area (Å²) in [5, 5.41) is 0. The van der Waals surface area contributed by atoms with Crippen LogP contribution < -0.4 is 5.56 Å². The molecule has 26 heavy (non-hydrogen) atoms. The fourth-order valence-corrected chi connectivity index (χ4v) is 6.25. The highest BCUT2D eigenvalue weighted by Gasteiger charge is 2.48. The number of hydrogen-bond donors (Lipinski definition) is 1. The summed E-state index contributed by atoms with van der Waals surface area (Å²) in [5.74, 6) is 0.113.